The predicted molar refractivity (Wildman–Crippen MR) is 67.6 cm³/mol. The van der Waals surface area contributed by atoms with Crippen LogP contribution in [0.3, 0.4) is 0 Å². The molecule has 0 amide bonds. The van der Waals surface area contributed by atoms with Gasteiger partial charge in [0.1, 0.15) is 0 Å². The van der Waals surface area contributed by atoms with Crippen molar-refractivity contribution >= 4 is 12.0 Å². The van der Waals surface area contributed by atoms with Crippen LogP contribution in [0.4, 0.5) is 0 Å². The van der Waals surface area contributed by atoms with Gasteiger partial charge in [-0.3, -0.25) is 0 Å². The molecule has 0 saturated carbocycles. The lowest BCUT2D eigenvalue weighted by atomic mass is 10.1. The van der Waals surface area contributed by atoms with Crippen LogP contribution in [0.5, 0.6) is 0 Å². The van der Waals surface area contributed by atoms with Gasteiger partial charge in [0.25, 0.3) is 0 Å². The zero-order valence-corrected chi connectivity index (χ0v) is 10.5. The Morgan fingerprint density at radius 2 is 1.94 bits per heavy atom. The number of carbonyl (C=O) groups is 1. The summed E-state index contributed by atoms with van der Waals surface area (Å²) in [6, 6.07) is 7.17. The average molecular weight is 234 g/mol. The summed E-state index contributed by atoms with van der Waals surface area (Å²) in [6.07, 6.45) is 1.10. The van der Waals surface area contributed by atoms with Gasteiger partial charge in [-0.1, -0.05) is 30.9 Å². The van der Waals surface area contributed by atoms with E-state index in [-0.39, 0.29) is 6.10 Å². The van der Waals surface area contributed by atoms with Gasteiger partial charge in [0.15, 0.2) is 0 Å². The Hall–Kier alpha value is -1.61. The Morgan fingerprint density at radius 3 is 2.53 bits per heavy atom. The highest BCUT2D eigenvalue weighted by atomic mass is 16.7. The molecule has 0 heterocycles. The molecule has 17 heavy (non-hydrogen) atoms. The van der Waals surface area contributed by atoms with Gasteiger partial charge < -0.3 is 9.47 Å². The van der Waals surface area contributed by atoms with Crippen molar-refractivity contribution in [2.24, 2.45) is 0 Å². The summed E-state index contributed by atoms with van der Waals surface area (Å²) in [5, 5.41) is 0. The number of carbonyl (C=O) groups excluding carboxylic acids is 1. The lowest BCUT2D eigenvalue weighted by Gasteiger charge is -2.17. The van der Waals surface area contributed by atoms with Gasteiger partial charge in [-0.15, -0.1) is 0 Å². The smallest absolute Gasteiger partial charge is 0.341 e. The molecule has 0 radical (unpaired) electrons. The van der Waals surface area contributed by atoms with Crippen molar-refractivity contribution in [2.75, 3.05) is 0 Å². The summed E-state index contributed by atoms with van der Waals surface area (Å²) in [6.45, 7) is 9.15. The third kappa shape index (κ3) is 4.04. The number of rotatable bonds is 5. The van der Waals surface area contributed by atoms with Crippen LogP contribution >= 0.6 is 0 Å². The molecule has 1 atom stereocenters. The Bertz CT molecular complexity index is 396. The SMILES string of the molecule is C=Cc1ccccc1C(=O)OC(C)OC(C)C. The van der Waals surface area contributed by atoms with E-state index in [4.69, 9.17) is 9.47 Å². The van der Waals surface area contributed by atoms with Crippen molar-refractivity contribution in [2.45, 2.75) is 33.2 Å². The van der Waals surface area contributed by atoms with Crippen LogP contribution in [-0.2, 0) is 9.47 Å². The fourth-order valence-electron chi connectivity index (χ4n) is 1.49. The van der Waals surface area contributed by atoms with E-state index >= 15 is 0 Å². The third-order valence-electron chi connectivity index (χ3n) is 2.14. The molecule has 0 N–H and O–H groups in total. The largest absolute Gasteiger partial charge is 0.432 e. The van der Waals surface area contributed by atoms with Gasteiger partial charge >= 0.3 is 5.97 Å². The molecule has 92 valence electrons. The summed E-state index contributed by atoms with van der Waals surface area (Å²) in [5.74, 6) is -0.395. The third-order valence-corrected chi connectivity index (χ3v) is 2.14. The van der Waals surface area contributed by atoms with Gasteiger partial charge in [0.05, 0.1) is 11.7 Å². The van der Waals surface area contributed by atoms with Crippen LogP contribution in [0.1, 0.15) is 36.7 Å². The minimum Gasteiger partial charge on any atom is -0.432 e. The van der Waals surface area contributed by atoms with Crippen LogP contribution in [0.15, 0.2) is 30.8 Å². The maximum atomic E-state index is 11.9. The Morgan fingerprint density at radius 1 is 1.29 bits per heavy atom. The standard InChI is InChI=1S/C14H18O3/c1-5-12-8-6-7-9-13(12)14(15)17-11(4)16-10(2)3/h5-11H,1H2,2-4H3. The highest BCUT2D eigenvalue weighted by Gasteiger charge is 2.15. The monoisotopic (exact) mass is 234 g/mol. The zero-order valence-electron chi connectivity index (χ0n) is 10.5. The van der Waals surface area contributed by atoms with Crippen molar-refractivity contribution in [1.29, 1.82) is 0 Å². The normalized spacial score (nSPS) is 12.2. The minimum atomic E-state index is -0.555. The van der Waals surface area contributed by atoms with E-state index in [2.05, 4.69) is 6.58 Å². The molecule has 1 rings (SSSR count). The molecular formula is C14H18O3. The minimum absolute atomic E-state index is 0.0208. The van der Waals surface area contributed by atoms with Gasteiger partial charge in [-0.2, -0.15) is 0 Å². The molecule has 0 spiro atoms. The average Bonchev–Trinajstić information content (AvgIpc) is 2.27. The summed E-state index contributed by atoms with van der Waals surface area (Å²) in [4.78, 5) is 11.9. The van der Waals surface area contributed by atoms with Crippen LogP contribution in [0.25, 0.3) is 6.08 Å². The first-order valence-corrected chi connectivity index (χ1v) is 5.62. The summed E-state index contributed by atoms with van der Waals surface area (Å²) < 4.78 is 10.5. The topological polar surface area (TPSA) is 35.5 Å². The van der Waals surface area contributed by atoms with E-state index in [1.54, 1.807) is 25.1 Å². The van der Waals surface area contributed by atoms with Gasteiger partial charge in [-0.05, 0) is 32.4 Å². The van der Waals surface area contributed by atoms with Crippen LogP contribution in [0.2, 0.25) is 0 Å². The molecule has 1 aromatic rings. The number of ether oxygens (including phenoxy) is 2. The maximum absolute atomic E-state index is 11.9. The fourth-order valence-corrected chi connectivity index (χ4v) is 1.49. The molecule has 0 aliphatic carbocycles. The molecule has 0 aromatic heterocycles. The first-order valence-electron chi connectivity index (χ1n) is 5.62. The van der Waals surface area contributed by atoms with Crippen molar-refractivity contribution < 1.29 is 14.3 Å². The van der Waals surface area contributed by atoms with E-state index in [9.17, 15) is 4.79 Å². The van der Waals surface area contributed by atoms with E-state index in [0.717, 1.165) is 5.56 Å². The highest BCUT2D eigenvalue weighted by molar-refractivity contribution is 5.93. The van der Waals surface area contributed by atoms with Gasteiger partial charge in [0, 0.05) is 0 Å². The van der Waals surface area contributed by atoms with Crippen molar-refractivity contribution in [1.82, 2.24) is 0 Å². The lowest BCUT2D eigenvalue weighted by molar-refractivity contribution is -0.120. The second-order valence-electron chi connectivity index (χ2n) is 3.95. The predicted octanol–water partition coefficient (Wildman–Crippen LogP) is 3.26. The fraction of sp³-hybridized carbons (Fsp3) is 0.357. The van der Waals surface area contributed by atoms with Crippen molar-refractivity contribution in [3.8, 4) is 0 Å². The molecule has 0 aliphatic heterocycles. The van der Waals surface area contributed by atoms with E-state index in [1.807, 2.05) is 26.0 Å². The van der Waals surface area contributed by atoms with Crippen LogP contribution < -0.4 is 0 Å². The van der Waals surface area contributed by atoms with Gasteiger partial charge in [0.2, 0.25) is 6.29 Å². The second-order valence-corrected chi connectivity index (χ2v) is 3.95. The van der Waals surface area contributed by atoms with Gasteiger partial charge in [-0.25, -0.2) is 4.79 Å². The molecule has 0 bridgehead atoms. The van der Waals surface area contributed by atoms with Crippen LogP contribution in [-0.4, -0.2) is 18.4 Å². The molecule has 3 nitrogen and oxygen atoms in total. The summed E-state index contributed by atoms with van der Waals surface area (Å²) >= 11 is 0. The highest BCUT2D eigenvalue weighted by Crippen LogP contribution is 2.13. The Balaban J connectivity index is 2.73. The van der Waals surface area contributed by atoms with E-state index < -0.39 is 12.3 Å². The number of hydrogen-bond donors (Lipinski definition) is 0. The summed E-state index contributed by atoms with van der Waals surface area (Å²) in [5.41, 5.74) is 1.26. The first-order chi connectivity index (χ1) is 8.04. The Labute approximate surface area is 102 Å². The van der Waals surface area contributed by atoms with E-state index in [1.165, 1.54) is 0 Å². The molecule has 0 fully saturated rings. The second kappa shape index (κ2) is 6.21. The first kappa shape index (κ1) is 13.5. The summed E-state index contributed by atoms with van der Waals surface area (Å²) in [7, 11) is 0. The number of esters is 1. The maximum Gasteiger partial charge on any atom is 0.341 e. The molecule has 3 heteroatoms. The molecule has 1 unspecified atom stereocenters. The number of hydrogen-bond acceptors (Lipinski definition) is 3. The number of benzene rings is 1. The van der Waals surface area contributed by atoms with Crippen molar-refractivity contribution in [3.05, 3.63) is 42.0 Å². The molecule has 1 aromatic carbocycles. The quantitative estimate of drug-likeness (QED) is 0.579. The molecule has 0 aliphatic rings. The Kier molecular flexibility index (Phi) is 4.91. The zero-order chi connectivity index (χ0) is 12.8. The lowest BCUT2D eigenvalue weighted by Crippen LogP contribution is -2.21. The van der Waals surface area contributed by atoms with E-state index in [0.29, 0.717) is 5.56 Å². The van der Waals surface area contributed by atoms with Crippen LogP contribution in [0, 0.1) is 0 Å². The molecule has 0 saturated heterocycles. The van der Waals surface area contributed by atoms with Crippen molar-refractivity contribution in [3.63, 3.8) is 0 Å². The molecular weight excluding hydrogens is 216 g/mol.